The Morgan fingerprint density at radius 3 is 2.80 bits per heavy atom. The Balaban J connectivity index is 2.08. The van der Waals surface area contributed by atoms with Crippen molar-refractivity contribution in [3.63, 3.8) is 0 Å². The van der Waals surface area contributed by atoms with Crippen LogP contribution in [0.25, 0.3) is 0 Å². The van der Waals surface area contributed by atoms with Gasteiger partial charge in [-0.05, 0) is 21.1 Å². The predicted molar refractivity (Wildman–Crippen MR) is 59.7 cm³/mol. The lowest BCUT2D eigenvalue weighted by molar-refractivity contribution is 0.881. The van der Waals surface area contributed by atoms with Crippen LogP contribution in [0.1, 0.15) is 5.56 Å². The van der Waals surface area contributed by atoms with E-state index < -0.39 is 0 Å². The minimum absolute atomic E-state index is 0.322. The molecule has 1 aromatic heterocycles. The van der Waals surface area contributed by atoms with Crippen LogP contribution in [0.4, 0.5) is 5.95 Å². The Morgan fingerprint density at radius 1 is 1.33 bits per heavy atom. The summed E-state index contributed by atoms with van der Waals surface area (Å²) in [6.45, 7) is 0. The first-order valence-corrected chi connectivity index (χ1v) is 4.93. The van der Waals surface area contributed by atoms with Crippen LogP contribution in [0, 0.1) is 0 Å². The van der Waals surface area contributed by atoms with Gasteiger partial charge in [-0.25, -0.2) is 5.43 Å². The lowest BCUT2D eigenvalue weighted by Crippen LogP contribution is -1.97. The number of benzene rings is 1. The number of hydrazone groups is 1. The summed E-state index contributed by atoms with van der Waals surface area (Å²) < 4.78 is 0.674. The van der Waals surface area contributed by atoms with Gasteiger partial charge in [0.15, 0.2) is 0 Å². The van der Waals surface area contributed by atoms with Crippen LogP contribution in [-0.2, 0) is 0 Å². The molecule has 76 valence electrons. The standard InChI is InChI=1S/C8H7BrN6/c9-7(6-4-2-1-3-5-6)10-11-8-12-14-15-13-8/h1-5H,(H2,11,12,13,14,15)/b10-7+. The van der Waals surface area contributed by atoms with Crippen LogP contribution < -0.4 is 5.43 Å². The van der Waals surface area contributed by atoms with Crippen molar-refractivity contribution in [1.29, 1.82) is 0 Å². The van der Waals surface area contributed by atoms with Crippen molar-refractivity contribution < 1.29 is 0 Å². The summed E-state index contributed by atoms with van der Waals surface area (Å²) >= 11 is 3.33. The largest absolute Gasteiger partial charge is 0.283 e. The quantitative estimate of drug-likeness (QED) is 0.650. The van der Waals surface area contributed by atoms with E-state index in [1.165, 1.54) is 0 Å². The Labute approximate surface area is 93.9 Å². The third-order valence-electron chi connectivity index (χ3n) is 1.61. The van der Waals surface area contributed by atoms with Gasteiger partial charge in [-0.1, -0.05) is 35.4 Å². The SMILES string of the molecule is Br/C(=N/Nc1nn[nH]n1)c1ccccc1. The van der Waals surface area contributed by atoms with Crippen LogP contribution in [0.15, 0.2) is 35.4 Å². The van der Waals surface area contributed by atoms with Gasteiger partial charge in [-0.3, -0.25) is 0 Å². The second-order valence-electron chi connectivity index (χ2n) is 2.62. The molecule has 1 heterocycles. The van der Waals surface area contributed by atoms with Gasteiger partial charge in [0.2, 0.25) is 0 Å². The van der Waals surface area contributed by atoms with Crippen LogP contribution in [0.3, 0.4) is 0 Å². The normalized spacial score (nSPS) is 11.4. The first kappa shape index (κ1) is 9.78. The maximum absolute atomic E-state index is 4.04. The van der Waals surface area contributed by atoms with Crippen molar-refractivity contribution in [2.45, 2.75) is 0 Å². The summed E-state index contributed by atoms with van der Waals surface area (Å²) in [5, 5.41) is 17.1. The lowest BCUT2D eigenvalue weighted by atomic mass is 10.2. The average molecular weight is 267 g/mol. The minimum atomic E-state index is 0.322. The highest BCUT2D eigenvalue weighted by Crippen LogP contribution is 2.06. The summed E-state index contributed by atoms with van der Waals surface area (Å²) in [5.74, 6) is 0.322. The molecule has 0 radical (unpaired) electrons. The molecule has 6 nitrogen and oxygen atoms in total. The number of aromatic nitrogens is 4. The topological polar surface area (TPSA) is 78.9 Å². The molecule has 2 aromatic rings. The molecule has 0 unspecified atom stereocenters. The number of tetrazole rings is 1. The maximum Gasteiger partial charge on any atom is 0.283 e. The van der Waals surface area contributed by atoms with E-state index in [9.17, 15) is 0 Å². The highest BCUT2D eigenvalue weighted by atomic mass is 79.9. The molecule has 0 atom stereocenters. The second kappa shape index (κ2) is 4.65. The van der Waals surface area contributed by atoms with Gasteiger partial charge in [-0.2, -0.15) is 10.3 Å². The molecular weight excluding hydrogens is 260 g/mol. The van der Waals surface area contributed by atoms with Crippen molar-refractivity contribution in [3.8, 4) is 0 Å². The van der Waals surface area contributed by atoms with E-state index in [0.717, 1.165) is 5.56 Å². The van der Waals surface area contributed by atoms with Gasteiger partial charge in [-0.15, -0.1) is 5.10 Å². The van der Waals surface area contributed by atoms with Gasteiger partial charge < -0.3 is 0 Å². The van der Waals surface area contributed by atoms with Gasteiger partial charge in [0, 0.05) is 5.56 Å². The molecule has 2 N–H and O–H groups in total. The van der Waals surface area contributed by atoms with Gasteiger partial charge in [0.1, 0.15) is 4.62 Å². The molecular formula is C8H7BrN6. The van der Waals surface area contributed by atoms with E-state index in [1.54, 1.807) is 0 Å². The first-order chi connectivity index (χ1) is 7.36. The molecule has 0 aliphatic carbocycles. The number of hydrogen-bond acceptors (Lipinski definition) is 5. The number of nitrogens with zero attached hydrogens (tertiary/aromatic N) is 4. The molecule has 1 aromatic carbocycles. The minimum Gasteiger partial charge on any atom is -0.241 e. The summed E-state index contributed by atoms with van der Waals surface area (Å²) in [5.41, 5.74) is 3.61. The molecule has 0 aliphatic rings. The number of nitrogens with one attached hydrogen (secondary N) is 2. The van der Waals surface area contributed by atoms with Crippen LogP contribution in [-0.4, -0.2) is 25.2 Å². The molecule has 0 fully saturated rings. The van der Waals surface area contributed by atoms with Crippen LogP contribution in [0.2, 0.25) is 0 Å². The lowest BCUT2D eigenvalue weighted by Gasteiger charge is -1.97. The summed E-state index contributed by atoms with van der Waals surface area (Å²) in [7, 11) is 0. The van der Waals surface area contributed by atoms with Gasteiger partial charge in [0.05, 0.1) is 0 Å². The number of aromatic amines is 1. The average Bonchev–Trinajstić information content (AvgIpc) is 2.80. The van der Waals surface area contributed by atoms with Crippen molar-refractivity contribution in [1.82, 2.24) is 20.6 Å². The first-order valence-electron chi connectivity index (χ1n) is 4.14. The van der Waals surface area contributed by atoms with Gasteiger partial charge >= 0.3 is 0 Å². The Bertz CT molecular complexity index is 437. The van der Waals surface area contributed by atoms with Crippen molar-refractivity contribution in [3.05, 3.63) is 35.9 Å². The van der Waals surface area contributed by atoms with Crippen molar-refractivity contribution in [2.24, 2.45) is 5.10 Å². The van der Waals surface area contributed by atoms with Gasteiger partial charge in [0.25, 0.3) is 5.95 Å². The number of rotatable bonds is 3. The predicted octanol–water partition coefficient (Wildman–Crippen LogP) is 1.37. The molecule has 0 spiro atoms. The maximum atomic E-state index is 4.04. The number of anilines is 1. The van der Waals surface area contributed by atoms with E-state index >= 15 is 0 Å². The molecule has 15 heavy (non-hydrogen) atoms. The fourth-order valence-corrected chi connectivity index (χ4v) is 1.30. The zero-order chi connectivity index (χ0) is 10.5. The van der Waals surface area contributed by atoms with Crippen molar-refractivity contribution >= 4 is 26.5 Å². The fraction of sp³-hybridized carbons (Fsp3) is 0. The van der Waals surface area contributed by atoms with E-state index in [4.69, 9.17) is 0 Å². The molecule has 0 bridgehead atoms. The third kappa shape index (κ3) is 2.59. The van der Waals surface area contributed by atoms with Crippen LogP contribution in [0.5, 0.6) is 0 Å². The van der Waals surface area contributed by atoms with E-state index in [1.807, 2.05) is 30.3 Å². The zero-order valence-electron chi connectivity index (χ0n) is 7.55. The van der Waals surface area contributed by atoms with E-state index in [0.29, 0.717) is 10.6 Å². The van der Waals surface area contributed by atoms with Crippen LogP contribution >= 0.6 is 15.9 Å². The monoisotopic (exact) mass is 266 g/mol. The molecule has 0 aliphatic heterocycles. The highest BCUT2D eigenvalue weighted by Gasteiger charge is 1.98. The zero-order valence-corrected chi connectivity index (χ0v) is 9.14. The smallest absolute Gasteiger partial charge is 0.241 e. The molecule has 0 saturated heterocycles. The molecule has 7 heteroatoms. The third-order valence-corrected chi connectivity index (χ3v) is 2.25. The summed E-state index contributed by atoms with van der Waals surface area (Å²) in [4.78, 5) is 0. The number of hydrogen-bond donors (Lipinski definition) is 2. The number of halogens is 1. The summed E-state index contributed by atoms with van der Waals surface area (Å²) in [6.07, 6.45) is 0. The highest BCUT2D eigenvalue weighted by molar-refractivity contribution is 9.18. The molecule has 0 saturated carbocycles. The molecule has 2 rings (SSSR count). The Kier molecular flexibility index (Phi) is 3.03. The van der Waals surface area contributed by atoms with E-state index in [-0.39, 0.29) is 0 Å². The fourth-order valence-electron chi connectivity index (χ4n) is 0.948. The molecule has 0 amide bonds. The van der Waals surface area contributed by atoms with Crippen molar-refractivity contribution in [2.75, 3.05) is 5.43 Å². The second-order valence-corrected chi connectivity index (χ2v) is 3.37. The summed E-state index contributed by atoms with van der Waals surface area (Å²) in [6, 6.07) is 9.67. The Hall–Kier alpha value is -1.76. The number of H-pyrrole nitrogens is 1. The van der Waals surface area contributed by atoms with E-state index in [2.05, 4.69) is 47.1 Å². The Morgan fingerprint density at radius 2 is 2.13 bits per heavy atom.